The van der Waals surface area contributed by atoms with E-state index in [0.29, 0.717) is 17.1 Å². The third-order valence-electron chi connectivity index (χ3n) is 3.92. The summed E-state index contributed by atoms with van der Waals surface area (Å²) in [6.07, 6.45) is 0.217. The number of carbonyl (C=O) groups is 2. The molecule has 0 aromatic heterocycles. The van der Waals surface area contributed by atoms with E-state index in [-0.39, 0.29) is 37.9 Å². The average molecular weight is 335 g/mol. The lowest BCUT2D eigenvalue weighted by Gasteiger charge is -2.31. The Bertz CT molecular complexity index is 814. The molecule has 0 radical (unpaired) electrons. The average Bonchev–Trinajstić information content (AvgIpc) is 2.65. The highest BCUT2D eigenvalue weighted by molar-refractivity contribution is 6.05. The van der Waals surface area contributed by atoms with Crippen LogP contribution in [0.2, 0.25) is 0 Å². The molecule has 1 aliphatic rings. The Labute approximate surface area is 145 Å². The Kier molecular flexibility index (Phi) is 4.95. The number of amides is 2. The number of anilines is 2. The van der Waals surface area contributed by atoms with Gasteiger partial charge in [0.05, 0.1) is 18.2 Å². The standard InChI is InChI=1S/C19H17N3O3/c20-11-6-12-21(15-7-2-1-3-8-15)18(23)13-22-16-9-4-5-10-17(16)25-14-19(22)24/h1-5,7-10H,6,12-14H2. The number of ether oxygens (including phenoxy) is 1. The lowest BCUT2D eigenvalue weighted by molar-refractivity contribution is -0.124. The second-order valence-corrected chi connectivity index (χ2v) is 5.53. The summed E-state index contributed by atoms with van der Waals surface area (Å²) in [5.74, 6) is 0.0741. The van der Waals surface area contributed by atoms with E-state index in [1.165, 1.54) is 9.80 Å². The highest BCUT2D eigenvalue weighted by Gasteiger charge is 2.29. The first-order valence-electron chi connectivity index (χ1n) is 7.95. The molecule has 1 aliphatic heterocycles. The maximum Gasteiger partial charge on any atom is 0.265 e. The van der Waals surface area contributed by atoms with Crippen molar-refractivity contribution >= 4 is 23.2 Å². The molecule has 126 valence electrons. The zero-order valence-corrected chi connectivity index (χ0v) is 13.6. The molecule has 0 saturated heterocycles. The third kappa shape index (κ3) is 3.61. The van der Waals surface area contributed by atoms with Crippen LogP contribution in [-0.4, -0.2) is 31.5 Å². The molecule has 0 saturated carbocycles. The van der Waals surface area contributed by atoms with E-state index < -0.39 is 0 Å². The number of benzene rings is 2. The Hall–Kier alpha value is -3.33. The molecule has 25 heavy (non-hydrogen) atoms. The molecule has 1 heterocycles. The van der Waals surface area contributed by atoms with Crippen molar-refractivity contribution in [2.75, 3.05) is 29.5 Å². The van der Waals surface area contributed by atoms with Crippen LogP contribution in [0.25, 0.3) is 0 Å². The third-order valence-corrected chi connectivity index (χ3v) is 3.92. The summed E-state index contributed by atoms with van der Waals surface area (Å²) in [6, 6.07) is 18.3. The van der Waals surface area contributed by atoms with E-state index in [0.717, 1.165) is 0 Å². The summed E-state index contributed by atoms with van der Waals surface area (Å²) in [6.45, 7) is 0.0902. The molecular formula is C19H17N3O3. The molecule has 2 aromatic carbocycles. The second kappa shape index (κ2) is 7.49. The van der Waals surface area contributed by atoms with Gasteiger partial charge in [-0.2, -0.15) is 5.26 Å². The summed E-state index contributed by atoms with van der Waals surface area (Å²) in [4.78, 5) is 28.1. The van der Waals surface area contributed by atoms with Gasteiger partial charge in [-0.15, -0.1) is 0 Å². The first-order valence-corrected chi connectivity index (χ1v) is 7.95. The number of rotatable bonds is 5. The maximum absolute atomic E-state index is 12.9. The molecule has 2 amide bonds. The van der Waals surface area contributed by atoms with Gasteiger partial charge in [0.1, 0.15) is 12.3 Å². The highest BCUT2D eigenvalue weighted by atomic mass is 16.5. The van der Waals surface area contributed by atoms with Crippen molar-refractivity contribution < 1.29 is 14.3 Å². The van der Waals surface area contributed by atoms with Crippen LogP contribution < -0.4 is 14.5 Å². The van der Waals surface area contributed by atoms with Crippen LogP contribution in [0.5, 0.6) is 5.75 Å². The number of fused-ring (bicyclic) bond motifs is 1. The van der Waals surface area contributed by atoms with Gasteiger partial charge in [-0.1, -0.05) is 30.3 Å². The molecule has 0 bridgehead atoms. The summed E-state index contributed by atoms with van der Waals surface area (Å²) < 4.78 is 5.40. The number of nitrogens with zero attached hydrogens (tertiary/aromatic N) is 3. The van der Waals surface area contributed by atoms with E-state index in [1.54, 1.807) is 18.2 Å². The number of para-hydroxylation sites is 3. The van der Waals surface area contributed by atoms with Gasteiger partial charge >= 0.3 is 0 Å². The van der Waals surface area contributed by atoms with E-state index >= 15 is 0 Å². The largest absolute Gasteiger partial charge is 0.482 e. The number of hydrogen-bond acceptors (Lipinski definition) is 4. The molecule has 0 N–H and O–H groups in total. The fourth-order valence-electron chi connectivity index (χ4n) is 2.72. The van der Waals surface area contributed by atoms with Crippen LogP contribution in [0.1, 0.15) is 6.42 Å². The monoisotopic (exact) mass is 335 g/mol. The van der Waals surface area contributed by atoms with Gasteiger partial charge in [0, 0.05) is 12.2 Å². The predicted octanol–water partition coefficient (Wildman–Crippen LogP) is 2.36. The smallest absolute Gasteiger partial charge is 0.265 e. The number of carbonyl (C=O) groups excluding carboxylic acids is 2. The van der Waals surface area contributed by atoms with Gasteiger partial charge in [-0.05, 0) is 24.3 Å². The first-order chi connectivity index (χ1) is 12.2. The Morgan fingerprint density at radius 1 is 1.16 bits per heavy atom. The van der Waals surface area contributed by atoms with Crippen LogP contribution in [0.3, 0.4) is 0 Å². The quantitative estimate of drug-likeness (QED) is 0.841. The molecular weight excluding hydrogens is 318 g/mol. The topological polar surface area (TPSA) is 73.6 Å². The van der Waals surface area contributed by atoms with Gasteiger partial charge in [-0.25, -0.2) is 0 Å². The second-order valence-electron chi connectivity index (χ2n) is 5.53. The van der Waals surface area contributed by atoms with Crippen molar-refractivity contribution in [3.8, 4) is 11.8 Å². The van der Waals surface area contributed by atoms with Crippen molar-refractivity contribution in [2.45, 2.75) is 6.42 Å². The normalized spacial score (nSPS) is 12.8. The van der Waals surface area contributed by atoms with Gasteiger partial charge in [0.15, 0.2) is 6.61 Å². The van der Waals surface area contributed by atoms with Crippen molar-refractivity contribution in [2.24, 2.45) is 0 Å². The minimum Gasteiger partial charge on any atom is -0.482 e. The molecule has 0 unspecified atom stereocenters. The van der Waals surface area contributed by atoms with E-state index in [4.69, 9.17) is 10.00 Å². The SMILES string of the molecule is N#CCCN(C(=O)CN1C(=O)COc2ccccc21)c1ccccc1. The fourth-order valence-corrected chi connectivity index (χ4v) is 2.72. The van der Waals surface area contributed by atoms with Crippen molar-refractivity contribution in [1.29, 1.82) is 5.26 Å². The summed E-state index contributed by atoms with van der Waals surface area (Å²) in [7, 11) is 0. The van der Waals surface area contributed by atoms with Crippen molar-refractivity contribution in [3.63, 3.8) is 0 Å². The van der Waals surface area contributed by atoms with Crippen LogP contribution in [-0.2, 0) is 9.59 Å². The molecule has 0 aliphatic carbocycles. The lowest BCUT2D eigenvalue weighted by atomic mass is 10.2. The molecule has 6 nitrogen and oxygen atoms in total. The van der Waals surface area contributed by atoms with Crippen molar-refractivity contribution in [1.82, 2.24) is 0 Å². The van der Waals surface area contributed by atoms with Crippen LogP contribution in [0.15, 0.2) is 54.6 Å². The fraction of sp³-hybridized carbons (Fsp3) is 0.211. The molecule has 6 heteroatoms. The Balaban J connectivity index is 1.84. The summed E-state index contributed by atoms with van der Waals surface area (Å²) in [5, 5.41) is 8.87. The zero-order valence-electron chi connectivity index (χ0n) is 13.6. The van der Waals surface area contributed by atoms with E-state index in [9.17, 15) is 9.59 Å². The van der Waals surface area contributed by atoms with Gasteiger partial charge in [-0.3, -0.25) is 14.5 Å². The lowest BCUT2D eigenvalue weighted by Crippen LogP contribution is -2.46. The zero-order chi connectivity index (χ0) is 17.6. The predicted molar refractivity (Wildman–Crippen MR) is 93.3 cm³/mol. The number of hydrogen-bond donors (Lipinski definition) is 0. The van der Waals surface area contributed by atoms with Gasteiger partial charge in [0.25, 0.3) is 5.91 Å². The Morgan fingerprint density at radius 2 is 1.88 bits per heavy atom. The molecule has 0 fully saturated rings. The first kappa shape index (κ1) is 16.5. The van der Waals surface area contributed by atoms with E-state index in [1.807, 2.05) is 36.4 Å². The molecule has 0 atom stereocenters. The van der Waals surface area contributed by atoms with Crippen LogP contribution >= 0.6 is 0 Å². The van der Waals surface area contributed by atoms with Crippen molar-refractivity contribution in [3.05, 3.63) is 54.6 Å². The number of nitriles is 1. The minimum absolute atomic E-state index is 0.0895. The van der Waals surface area contributed by atoms with Crippen LogP contribution in [0.4, 0.5) is 11.4 Å². The Morgan fingerprint density at radius 3 is 2.64 bits per heavy atom. The molecule has 0 spiro atoms. The maximum atomic E-state index is 12.9. The molecule has 3 rings (SSSR count). The van der Waals surface area contributed by atoms with Gasteiger partial charge < -0.3 is 9.64 Å². The summed E-state index contributed by atoms with van der Waals surface area (Å²) in [5.41, 5.74) is 1.29. The van der Waals surface area contributed by atoms with Gasteiger partial charge in [0.2, 0.25) is 5.91 Å². The van der Waals surface area contributed by atoms with Crippen LogP contribution in [0, 0.1) is 11.3 Å². The minimum atomic E-state index is -0.264. The van der Waals surface area contributed by atoms with E-state index in [2.05, 4.69) is 6.07 Å². The summed E-state index contributed by atoms with van der Waals surface area (Å²) >= 11 is 0. The molecule has 2 aromatic rings. The highest BCUT2D eigenvalue weighted by Crippen LogP contribution is 2.31.